The number of hydrogen-bond donors (Lipinski definition) is 1. The topological polar surface area (TPSA) is 75.0 Å². The van der Waals surface area contributed by atoms with Gasteiger partial charge < -0.3 is 9.40 Å². The number of H-pyrrole nitrogens is 1. The van der Waals surface area contributed by atoms with Crippen LogP contribution in [0.15, 0.2) is 64.1 Å². The number of aromatic nitrogens is 3. The van der Waals surface area contributed by atoms with Crippen molar-refractivity contribution in [1.29, 1.82) is 0 Å². The molecule has 4 heterocycles. The third-order valence-electron chi connectivity index (χ3n) is 5.36. The third-order valence-corrected chi connectivity index (χ3v) is 6.18. The predicted octanol–water partition coefficient (Wildman–Crippen LogP) is 4.96. The van der Waals surface area contributed by atoms with Crippen molar-refractivity contribution in [2.75, 3.05) is 6.54 Å². The standard InChI is InChI=1S/C23H18Cl2N4O2/c24-17-4-1-3-15(21(17)25)18-7-6-14(11-26-18)12-29-9-8-19-16(13-29)23(30)28-22(27-19)20-5-2-10-31-20/h1-7,10-11H,8-9,12-13H2,(H,27,28,30). The molecule has 0 amide bonds. The molecule has 3 aromatic heterocycles. The predicted molar refractivity (Wildman–Crippen MR) is 120 cm³/mol. The molecule has 0 saturated carbocycles. The van der Waals surface area contributed by atoms with E-state index < -0.39 is 0 Å². The number of fused-ring (bicyclic) bond motifs is 1. The average Bonchev–Trinajstić information content (AvgIpc) is 3.32. The molecule has 0 atom stereocenters. The lowest BCUT2D eigenvalue weighted by atomic mass is 10.1. The molecular formula is C23H18Cl2N4O2. The summed E-state index contributed by atoms with van der Waals surface area (Å²) in [5, 5.41) is 1.00. The number of rotatable bonds is 4. The summed E-state index contributed by atoms with van der Waals surface area (Å²) in [6.45, 7) is 2.04. The van der Waals surface area contributed by atoms with Gasteiger partial charge in [-0.25, -0.2) is 4.98 Å². The summed E-state index contributed by atoms with van der Waals surface area (Å²) in [5.41, 5.74) is 4.04. The largest absolute Gasteiger partial charge is 0.461 e. The summed E-state index contributed by atoms with van der Waals surface area (Å²) in [6.07, 6.45) is 4.11. The first-order valence-electron chi connectivity index (χ1n) is 9.86. The number of aromatic amines is 1. The Morgan fingerprint density at radius 1 is 1.13 bits per heavy atom. The maximum atomic E-state index is 12.6. The van der Waals surface area contributed by atoms with Gasteiger partial charge in [-0.2, -0.15) is 0 Å². The van der Waals surface area contributed by atoms with Crippen molar-refractivity contribution < 1.29 is 4.42 Å². The van der Waals surface area contributed by atoms with E-state index in [-0.39, 0.29) is 5.56 Å². The van der Waals surface area contributed by atoms with E-state index in [2.05, 4.69) is 19.9 Å². The Morgan fingerprint density at radius 2 is 2.03 bits per heavy atom. The minimum absolute atomic E-state index is 0.120. The Balaban J connectivity index is 1.32. The van der Waals surface area contributed by atoms with Crippen LogP contribution in [0, 0.1) is 0 Å². The van der Waals surface area contributed by atoms with Gasteiger partial charge in [0.05, 0.1) is 33.3 Å². The van der Waals surface area contributed by atoms with Gasteiger partial charge >= 0.3 is 0 Å². The molecular weight excluding hydrogens is 435 g/mol. The van der Waals surface area contributed by atoms with Crippen molar-refractivity contribution in [1.82, 2.24) is 19.9 Å². The van der Waals surface area contributed by atoms with Crippen LogP contribution < -0.4 is 5.56 Å². The molecule has 4 aromatic rings. The number of hydrogen-bond acceptors (Lipinski definition) is 5. The first-order valence-corrected chi connectivity index (χ1v) is 10.6. The fourth-order valence-electron chi connectivity index (χ4n) is 3.78. The first-order chi connectivity index (χ1) is 15.1. The van der Waals surface area contributed by atoms with Gasteiger partial charge in [0.1, 0.15) is 0 Å². The number of halogens is 2. The zero-order valence-corrected chi connectivity index (χ0v) is 18.0. The Morgan fingerprint density at radius 3 is 2.81 bits per heavy atom. The molecule has 1 N–H and O–H groups in total. The average molecular weight is 453 g/mol. The molecule has 8 heteroatoms. The van der Waals surface area contributed by atoms with Gasteiger partial charge in [-0.05, 0) is 29.8 Å². The first kappa shape index (κ1) is 20.0. The highest BCUT2D eigenvalue weighted by Crippen LogP contribution is 2.32. The molecule has 0 fully saturated rings. The number of nitrogens with zero attached hydrogens (tertiary/aromatic N) is 3. The Bertz CT molecular complexity index is 1280. The molecule has 1 aliphatic rings. The Hall–Kier alpha value is -2.93. The van der Waals surface area contributed by atoms with Crippen LogP contribution in [0.25, 0.3) is 22.8 Å². The molecule has 0 unspecified atom stereocenters. The molecule has 0 aliphatic carbocycles. The molecule has 31 heavy (non-hydrogen) atoms. The summed E-state index contributed by atoms with van der Waals surface area (Å²) >= 11 is 12.4. The van der Waals surface area contributed by atoms with Gasteiger partial charge in [0.25, 0.3) is 5.56 Å². The molecule has 0 radical (unpaired) electrons. The summed E-state index contributed by atoms with van der Waals surface area (Å²) in [7, 11) is 0. The van der Waals surface area contributed by atoms with Gasteiger partial charge in [-0.1, -0.05) is 41.4 Å². The lowest BCUT2D eigenvalue weighted by Crippen LogP contribution is -2.35. The van der Waals surface area contributed by atoms with Gasteiger partial charge in [0, 0.05) is 37.8 Å². The van der Waals surface area contributed by atoms with Crippen molar-refractivity contribution in [3.8, 4) is 22.8 Å². The van der Waals surface area contributed by atoms with E-state index in [9.17, 15) is 4.79 Å². The highest BCUT2D eigenvalue weighted by Gasteiger charge is 2.22. The second-order valence-electron chi connectivity index (χ2n) is 7.43. The monoisotopic (exact) mass is 452 g/mol. The van der Waals surface area contributed by atoms with Crippen LogP contribution in [0.1, 0.15) is 16.8 Å². The van der Waals surface area contributed by atoms with Crippen LogP contribution >= 0.6 is 23.2 Å². The van der Waals surface area contributed by atoms with Crippen LogP contribution in [0.5, 0.6) is 0 Å². The molecule has 5 rings (SSSR count). The highest BCUT2D eigenvalue weighted by molar-refractivity contribution is 6.43. The summed E-state index contributed by atoms with van der Waals surface area (Å²) in [6, 6.07) is 13.0. The zero-order chi connectivity index (χ0) is 21.4. The van der Waals surface area contributed by atoms with E-state index in [0.29, 0.717) is 46.7 Å². The minimum atomic E-state index is -0.120. The lowest BCUT2D eigenvalue weighted by Gasteiger charge is -2.27. The molecule has 0 bridgehead atoms. The summed E-state index contributed by atoms with van der Waals surface area (Å²) in [5.74, 6) is 1.04. The SMILES string of the molecule is O=c1[nH]c(-c2ccco2)nc2c1CN(Cc1ccc(-c3cccc(Cl)c3Cl)nc1)CC2. The molecule has 1 aliphatic heterocycles. The normalized spacial score (nSPS) is 13.9. The van der Waals surface area contributed by atoms with Gasteiger partial charge in [-0.15, -0.1) is 0 Å². The number of pyridine rings is 1. The smallest absolute Gasteiger partial charge is 0.256 e. The number of nitrogens with one attached hydrogen (secondary N) is 1. The van der Waals surface area contributed by atoms with E-state index in [1.54, 1.807) is 24.5 Å². The Labute approximate surface area is 188 Å². The zero-order valence-electron chi connectivity index (χ0n) is 16.4. The van der Waals surface area contributed by atoms with E-state index in [0.717, 1.165) is 29.1 Å². The Kier molecular flexibility index (Phi) is 5.36. The van der Waals surface area contributed by atoms with Crippen molar-refractivity contribution in [3.05, 3.63) is 92.1 Å². The van der Waals surface area contributed by atoms with Crippen molar-refractivity contribution in [2.24, 2.45) is 0 Å². The van der Waals surface area contributed by atoms with Gasteiger partial charge in [0.2, 0.25) is 0 Å². The van der Waals surface area contributed by atoms with Crippen LogP contribution in [0.4, 0.5) is 0 Å². The fraction of sp³-hybridized carbons (Fsp3) is 0.174. The van der Waals surface area contributed by atoms with E-state index in [4.69, 9.17) is 27.6 Å². The fourth-order valence-corrected chi connectivity index (χ4v) is 4.18. The van der Waals surface area contributed by atoms with Gasteiger partial charge in [-0.3, -0.25) is 14.7 Å². The number of benzene rings is 1. The molecule has 6 nitrogen and oxygen atoms in total. The van der Waals surface area contributed by atoms with Crippen LogP contribution in [0.2, 0.25) is 10.0 Å². The van der Waals surface area contributed by atoms with Gasteiger partial charge in [0.15, 0.2) is 11.6 Å². The maximum Gasteiger partial charge on any atom is 0.256 e. The van der Waals surface area contributed by atoms with Crippen molar-refractivity contribution in [3.63, 3.8) is 0 Å². The lowest BCUT2D eigenvalue weighted by molar-refractivity contribution is 0.241. The quantitative estimate of drug-likeness (QED) is 0.473. The van der Waals surface area contributed by atoms with E-state index >= 15 is 0 Å². The van der Waals surface area contributed by atoms with Crippen LogP contribution in [-0.2, 0) is 19.5 Å². The maximum absolute atomic E-state index is 12.6. The molecule has 0 spiro atoms. The second kappa shape index (κ2) is 8.30. The van der Waals surface area contributed by atoms with Crippen LogP contribution in [0.3, 0.4) is 0 Å². The third kappa shape index (κ3) is 4.02. The summed E-state index contributed by atoms with van der Waals surface area (Å²) < 4.78 is 5.36. The van der Waals surface area contributed by atoms with Crippen molar-refractivity contribution >= 4 is 23.2 Å². The van der Waals surface area contributed by atoms with Crippen LogP contribution in [-0.4, -0.2) is 26.4 Å². The molecule has 1 aromatic carbocycles. The summed E-state index contributed by atoms with van der Waals surface area (Å²) in [4.78, 5) is 26.9. The van der Waals surface area contributed by atoms with E-state index in [1.165, 1.54) is 0 Å². The minimum Gasteiger partial charge on any atom is -0.461 e. The second-order valence-corrected chi connectivity index (χ2v) is 8.22. The van der Waals surface area contributed by atoms with Crippen molar-refractivity contribution in [2.45, 2.75) is 19.5 Å². The number of furan rings is 1. The molecule has 156 valence electrons. The highest BCUT2D eigenvalue weighted by atomic mass is 35.5. The van der Waals surface area contributed by atoms with E-state index in [1.807, 2.05) is 30.5 Å². The molecule has 0 saturated heterocycles.